The number of carboxylic acids is 1. The van der Waals surface area contributed by atoms with Crippen molar-refractivity contribution in [2.24, 2.45) is 5.73 Å². The van der Waals surface area contributed by atoms with Gasteiger partial charge in [0.25, 0.3) is 0 Å². The molecule has 2 aromatic carbocycles. The van der Waals surface area contributed by atoms with Gasteiger partial charge in [0.15, 0.2) is 6.29 Å². The zero-order valence-corrected chi connectivity index (χ0v) is 16.4. The van der Waals surface area contributed by atoms with E-state index >= 15 is 0 Å². The highest BCUT2D eigenvalue weighted by atomic mass is 16.7. The van der Waals surface area contributed by atoms with E-state index < -0.39 is 12.0 Å². The number of amides is 1. The zero-order valence-electron chi connectivity index (χ0n) is 16.4. The number of nitrogens with one attached hydrogen (secondary N) is 1. The fourth-order valence-corrected chi connectivity index (χ4v) is 2.52. The van der Waals surface area contributed by atoms with Crippen LogP contribution in [-0.2, 0) is 25.5 Å². The van der Waals surface area contributed by atoms with E-state index in [4.69, 9.17) is 20.3 Å². The Labute approximate surface area is 165 Å². The molecule has 0 aliphatic heterocycles. The molecule has 7 nitrogen and oxygen atoms in total. The Hall–Kier alpha value is -2.74. The molecule has 4 N–H and O–H groups in total. The van der Waals surface area contributed by atoms with Crippen molar-refractivity contribution in [2.75, 3.05) is 14.2 Å². The quantitative estimate of drug-likeness (QED) is 0.598. The first-order valence-electron chi connectivity index (χ1n) is 8.79. The minimum absolute atomic E-state index is 0.240. The summed E-state index contributed by atoms with van der Waals surface area (Å²) in [5.41, 5.74) is 7.81. The Morgan fingerprint density at radius 3 is 1.93 bits per heavy atom. The number of carboxylic acid groups (broad SMARTS) is 1. The van der Waals surface area contributed by atoms with E-state index in [0.29, 0.717) is 6.42 Å². The molecule has 0 heterocycles. The molecule has 0 bridgehead atoms. The number of methoxy groups -OCH3 is 2. The number of hydrogen-bond donors (Lipinski definition) is 3. The van der Waals surface area contributed by atoms with Crippen molar-refractivity contribution in [2.45, 2.75) is 31.7 Å². The van der Waals surface area contributed by atoms with E-state index in [9.17, 15) is 9.59 Å². The van der Waals surface area contributed by atoms with Gasteiger partial charge < -0.3 is 25.6 Å². The summed E-state index contributed by atoms with van der Waals surface area (Å²) >= 11 is 0. The summed E-state index contributed by atoms with van der Waals surface area (Å²) in [4.78, 5) is 21.6. The lowest BCUT2D eigenvalue weighted by atomic mass is 10.1. The highest BCUT2D eigenvalue weighted by molar-refractivity contribution is 5.82. The van der Waals surface area contributed by atoms with Crippen LogP contribution in [0.3, 0.4) is 0 Å². The van der Waals surface area contributed by atoms with Gasteiger partial charge in [-0.2, -0.15) is 0 Å². The van der Waals surface area contributed by atoms with Crippen molar-refractivity contribution in [1.82, 2.24) is 5.32 Å². The maximum Gasteiger partial charge on any atom is 0.326 e. The average Bonchev–Trinajstić information content (AvgIpc) is 2.70. The average molecular weight is 388 g/mol. The summed E-state index contributed by atoms with van der Waals surface area (Å²) in [6, 6.07) is 17.8. The monoisotopic (exact) mass is 388 g/mol. The molecule has 0 aromatic heterocycles. The van der Waals surface area contributed by atoms with Gasteiger partial charge in [0.2, 0.25) is 5.91 Å². The number of carbonyl (C=O) groups excluding carboxylic acids is 1. The molecule has 1 amide bonds. The van der Waals surface area contributed by atoms with Crippen LogP contribution in [0.15, 0.2) is 60.7 Å². The molecule has 2 rings (SSSR count). The SMILES string of the molecule is CC(=O)N[C@H](Cc1ccccc1)C(=O)O.COC(OC)[C@H](N)c1ccccc1. The number of nitrogens with two attached hydrogens (primary N) is 1. The largest absolute Gasteiger partial charge is 0.480 e. The first-order chi connectivity index (χ1) is 13.4. The third-order valence-corrected chi connectivity index (χ3v) is 3.90. The molecule has 0 spiro atoms. The van der Waals surface area contributed by atoms with Crippen molar-refractivity contribution >= 4 is 11.9 Å². The minimum atomic E-state index is -1.02. The molecule has 0 aliphatic rings. The fraction of sp³-hybridized carbons (Fsp3) is 0.333. The minimum Gasteiger partial charge on any atom is -0.480 e. The summed E-state index contributed by atoms with van der Waals surface area (Å²) in [7, 11) is 3.16. The second-order valence-electron chi connectivity index (χ2n) is 6.06. The van der Waals surface area contributed by atoms with E-state index in [2.05, 4.69) is 5.32 Å². The molecule has 152 valence electrons. The summed E-state index contributed by atoms with van der Waals surface area (Å²) in [5.74, 6) is -1.35. The van der Waals surface area contributed by atoms with Crippen LogP contribution < -0.4 is 11.1 Å². The van der Waals surface area contributed by atoms with Gasteiger partial charge in [0.05, 0.1) is 6.04 Å². The molecule has 0 fully saturated rings. The van der Waals surface area contributed by atoms with Crippen molar-refractivity contribution in [3.63, 3.8) is 0 Å². The van der Waals surface area contributed by atoms with E-state index in [1.807, 2.05) is 60.7 Å². The first-order valence-corrected chi connectivity index (χ1v) is 8.79. The lowest BCUT2D eigenvalue weighted by molar-refractivity contribution is -0.141. The topological polar surface area (TPSA) is 111 Å². The normalized spacial score (nSPS) is 12.5. The molecule has 0 radical (unpaired) electrons. The third-order valence-electron chi connectivity index (χ3n) is 3.90. The van der Waals surface area contributed by atoms with Gasteiger partial charge in [-0.3, -0.25) is 4.79 Å². The summed E-state index contributed by atoms with van der Waals surface area (Å²) in [5, 5.41) is 11.3. The van der Waals surface area contributed by atoms with Gasteiger partial charge >= 0.3 is 5.97 Å². The smallest absolute Gasteiger partial charge is 0.326 e. The predicted molar refractivity (Wildman–Crippen MR) is 107 cm³/mol. The molecule has 28 heavy (non-hydrogen) atoms. The van der Waals surface area contributed by atoms with Crippen molar-refractivity contribution in [3.05, 3.63) is 71.8 Å². The van der Waals surface area contributed by atoms with Gasteiger partial charge in [0.1, 0.15) is 6.04 Å². The van der Waals surface area contributed by atoms with E-state index in [1.54, 1.807) is 14.2 Å². The lowest BCUT2D eigenvalue weighted by Gasteiger charge is -2.20. The number of benzene rings is 2. The molecule has 0 unspecified atom stereocenters. The second-order valence-corrected chi connectivity index (χ2v) is 6.06. The molecule has 7 heteroatoms. The summed E-state index contributed by atoms with van der Waals surface area (Å²) < 4.78 is 10.1. The number of aliphatic carboxylic acids is 1. The number of ether oxygens (including phenoxy) is 2. The lowest BCUT2D eigenvalue weighted by Crippen LogP contribution is -2.41. The van der Waals surface area contributed by atoms with Crippen LogP contribution in [0.25, 0.3) is 0 Å². The number of hydrogen-bond acceptors (Lipinski definition) is 5. The number of rotatable bonds is 8. The third kappa shape index (κ3) is 8.30. The maximum atomic E-state index is 10.8. The van der Waals surface area contributed by atoms with Crippen molar-refractivity contribution in [3.8, 4) is 0 Å². The Bertz CT molecular complexity index is 705. The molecule has 2 atom stereocenters. The highest BCUT2D eigenvalue weighted by Crippen LogP contribution is 2.15. The standard InChI is InChI=1S/C11H13NO3.C10H15NO2/c1-8(13)12-10(11(14)15)7-9-5-3-2-4-6-9;1-12-10(13-2)9(11)8-6-4-3-5-7-8/h2-6,10H,7H2,1H3,(H,12,13)(H,14,15);3-7,9-10H,11H2,1-2H3/t10-;9-/m11/s1. The fourth-order valence-electron chi connectivity index (χ4n) is 2.52. The van der Waals surface area contributed by atoms with Crippen LogP contribution in [-0.4, -0.2) is 43.5 Å². The number of carbonyl (C=O) groups is 2. The summed E-state index contributed by atoms with van der Waals surface area (Å²) in [6.45, 7) is 1.31. The molecule has 0 saturated carbocycles. The maximum absolute atomic E-state index is 10.8. The highest BCUT2D eigenvalue weighted by Gasteiger charge is 2.18. The Morgan fingerprint density at radius 2 is 1.50 bits per heavy atom. The Morgan fingerprint density at radius 1 is 1.00 bits per heavy atom. The Kier molecular flexibility index (Phi) is 10.5. The second kappa shape index (κ2) is 12.6. The van der Waals surface area contributed by atoms with Crippen LogP contribution in [0.4, 0.5) is 0 Å². The molecule has 0 aliphatic carbocycles. The van der Waals surface area contributed by atoms with Crippen LogP contribution in [0.2, 0.25) is 0 Å². The van der Waals surface area contributed by atoms with Gasteiger partial charge in [-0.15, -0.1) is 0 Å². The summed E-state index contributed by atoms with van der Waals surface area (Å²) in [6.07, 6.45) is -0.0853. The van der Waals surface area contributed by atoms with Crippen LogP contribution in [0, 0.1) is 0 Å². The van der Waals surface area contributed by atoms with Crippen molar-refractivity contribution < 1.29 is 24.2 Å². The zero-order chi connectivity index (χ0) is 20.9. The van der Waals surface area contributed by atoms with E-state index in [1.165, 1.54) is 6.92 Å². The van der Waals surface area contributed by atoms with Gasteiger partial charge in [-0.25, -0.2) is 4.79 Å². The van der Waals surface area contributed by atoms with Gasteiger partial charge in [-0.1, -0.05) is 60.7 Å². The predicted octanol–water partition coefficient (Wildman–Crippen LogP) is 2.12. The Balaban J connectivity index is 0.000000283. The first kappa shape index (κ1) is 23.3. The molecule has 2 aromatic rings. The van der Waals surface area contributed by atoms with Crippen LogP contribution in [0.1, 0.15) is 24.1 Å². The molecular weight excluding hydrogens is 360 g/mol. The van der Waals surface area contributed by atoms with E-state index in [-0.39, 0.29) is 18.2 Å². The molecular formula is C21H28N2O5. The van der Waals surface area contributed by atoms with Gasteiger partial charge in [-0.05, 0) is 11.1 Å². The van der Waals surface area contributed by atoms with E-state index in [0.717, 1.165) is 11.1 Å². The van der Waals surface area contributed by atoms with Crippen LogP contribution in [0.5, 0.6) is 0 Å². The molecule has 0 saturated heterocycles. The van der Waals surface area contributed by atoms with Crippen molar-refractivity contribution in [1.29, 1.82) is 0 Å². The van der Waals surface area contributed by atoms with Crippen LogP contribution >= 0.6 is 0 Å². The van der Waals surface area contributed by atoms with Gasteiger partial charge in [0, 0.05) is 27.6 Å².